The number of aromatic nitrogens is 1. The quantitative estimate of drug-likeness (QED) is 0.618. The molecule has 0 aliphatic heterocycles. The molecule has 0 unspecified atom stereocenters. The molecular formula is C24H26N2O3. The first-order valence-corrected chi connectivity index (χ1v) is 9.55. The van der Waals surface area contributed by atoms with Crippen molar-refractivity contribution >= 4 is 11.6 Å². The number of anilines is 1. The number of carbonyl (C=O) groups is 1. The summed E-state index contributed by atoms with van der Waals surface area (Å²) in [6.07, 6.45) is 3.46. The fraction of sp³-hybridized carbons (Fsp3) is 0.250. The molecule has 0 atom stereocenters. The lowest BCUT2D eigenvalue weighted by atomic mass is 9.87. The molecule has 1 N–H and O–H groups in total. The van der Waals surface area contributed by atoms with Crippen molar-refractivity contribution < 1.29 is 14.3 Å². The number of carbonyl (C=O) groups excluding carboxylic acids is 1. The van der Waals surface area contributed by atoms with E-state index in [1.54, 1.807) is 18.5 Å². The highest BCUT2D eigenvalue weighted by atomic mass is 16.5. The molecule has 1 amide bonds. The van der Waals surface area contributed by atoms with Crippen LogP contribution >= 0.6 is 0 Å². The van der Waals surface area contributed by atoms with Gasteiger partial charge in [-0.15, -0.1) is 0 Å². The molecule has 0 spiro atoms. The second-order valence-electron chi connectivity index (χ2n) is 7.78. The summed E-state index contributed by atoms with van der Waals surface area (Å²) in [6.45, 7) is 6.85. The first-order chi connectivity index (χ1) is 13.9. The van der Waals surface area contributed by atoms with Crippen LogP contribution in [0.2, 0.25) is 0 Å². The third kappa shape index (κ3) is 6.35. The fourth-order valence-corrected chi connectivity index (χ4v) is 2.71. The normalized spacial score (nSPS) is 11.0. The summed E-state index contributed by atoms with van der Waals surface area (Å²) in [5.41, 5.74) is 2.99. The number of nitrogens with one attached hydrogen (secondary N) is 1. The van der Waals surface area contributed by atoms with Crippen molar-refractivity contribution in [1.29, 1.82) is 0 Å². The van der Waals surface area contributed by atoms with Crippen molar-refractivity contribution in [1.82, 2.24) is 4.98 Å². The summed E-state index contributed by atoms with van der Waals surface area (Å²) in [6, 6.07) is 18.9. The molecule has 5 nitrogen and oxygen atoms in total. The van der Waals surface area contributed by atoms with E-state index in [1.807, 2.05) is 54.6 Å². The minimum Gasteiger partial charge on any atom is -0.489 e. The van der Waals surface area contributed by atoms with Crippen molar-refractivity contribution in [2.75, 3.05) is 11.9 Å². The lowest BCUT2D eigenvalue weighted by Crippen LogP contribution is -2.20. The first-order valence-electron chi connectivity index (χ1n) is 9.55. The van der Waals surface area contributed by atoms with Gasteiger partial charge in [-0.2, -0.15) is 0 Å². The molecule has 1 aromatic heterocycles. The van der Waals surface area contributed by atoms with Crippen LogP contribution in [0, 0.1) is 0 Å². The van der Waals surface area contributed by atoms with Crippen molar-refractivity contribution in [3.63, 3.8) is 0 Å². The summed E-state index contributed by atoms with van der Waals surface area (Å²) in [7, 11) is 0. The number of rotatable bonds is 7. The fourth-order valence-electron chi connectivity index (χ4n) is 2.71. The molecular weight excluding hydrogens is 364 g/mol. The van der Waals surface area contributed by atoms with Gasteiger partial charge < -0.3 is 14.8 Å². The van der Waals surface area contributed by atoms with E-state index in [2.05, 4.69) is 31.1 Å². The molecule has 0 saturated carbocycles. The molecule has 0 aliphatic carbocycles. The smallest absolute Gasteiger partial charge is 0.262 e. The van der Waals surface area contributed by atoms with Crippen LogP contribution in [0.15, 0.2) is 73.1 Å². The van der Waals surface area contributed by atoms with Gasteiger partial charge in [-0.1, -0.05) is 39.0 Å². The van der Waals surface area contributed by atoms with Crippen LogP contribution in [0.1, 0.15) is 31.9 Å². The van der Waals surface area contributed by atoms with Gasteiger partial charge in [0.25, 0.3) is 5.91 Å². The topological polar surface area (TPSA) is 60.5 Å². The van der Waals surface area contributed by atoms with Crippen LogP contribution in [-0.2, 0) is 16.8 Å². The number of benzene rings is 2. The van der Waals surface area contributed by atoms with E-state index in [0.717, 1.165) is 5.56 Å². The zero-order valence-electron chi connectivity index (χ0n) is 17.0. The van der Waals surface area contributed by atoms with Gasteiger partial charge in [0, 0.05) is 24.1 Å². The minimum absolute atomic E-state index is 0.0586. The van der Waals surface area contributed by atoms with Gasteiger partial charge in [0.1, 0.15) is 18.1 Å². The van der Waals surface area contributed by atoms with Crippen LogP contribution in [0.5, 0.6) is 11.5 Å². The number of pyridine rings is 1. The zero-order valence-corrected chi connectivity index (χ0v) is 17.0. The Labute approximate surface area is 171 Å². The third-order valence-corrected chi connectivity index (χ3v) is 4.36. The Morgan fingerprint density at radius 1 is 0.931 bits per heavy atom. The average molecular weight is 390 g/mol. The third-order valence-electron chi connectivity index (χ3n) is 4.36. The molecule has 29 heavy (non-hydrogen) atoms. The van der Waals surface area contributed by atoms with Gasteiger partial charge >= 0.3 is 0 Å². The Hall–Kier alpha value is -3.34. The average Bonchev–Trinajstić information content (AvgIpc) is 2.71. The highest BCUT2D eigenvalue weighted by Crippen LogP contribution is 2.24. The Bertz CT molecular complexity index is 932. The van der Waals surface area contributed by atoms with Gasteiger partial charge in [0.2, 0.25) is 0 Å². The van der Waals surface area contributed by atoms with Crippen molar-refractivity contribution in [3.05, 3.63) is 84.2 Å². The molecule has 0 radical (unpaired) electrons. The highest BCUT2D eigenvalue weighted by molar-refractivity contribution is 5.92. The number of ether oxygens (including phenoxy) is 2. The SMILES string of the molecule is CC(C)(C)c1ccc(OCC(=O)Nc2cccc(OCc3ccncc3)c2)cc1. The zero-order chi connectivity index (χ0) is 20.7. The maximum Gasteiger partial charge on any atom is 0.262 e. The summed E-state index contributed by atoms with van der Waals surface area (Å²) in [5, 5.41) is 2.83. The van der Waals surface area contributed by atoms with Gasteiger partial charge in [-0.25, -0.2) is 0 Å². The molecule has 0 fully saturated rings. The Morgan fingerprint density at radius 2 is 1.66 bits per heavy atom. The molecule has 2 aromatic carbocycles. The molecule has 3 aromatic rings. The summed E-state index contributed by atoms with van der Waals surface area (Å²) in [4.78, 5) is 16.2. The van der Waals surface area contributed by atoms with E-state index < -0.39 is 0 Å². The Kier molecular flexibility index (Phi) is 6.50. The lowest BCUT2D eigenvalue weighted by Gasteiger charge is -2.19. The first kappa shape index (κ1) is 20.4. The molecule has 0 aliphatic rings. The Morgan fingerprint density at radius 3 is 2.34 bits per heavy atom. The highest BCUT2D eigenvalue weighted by Gasteiger charge is 2.13. The lowest BCUT2D eigenvalue weighted by molar-refractivity contribution is -0.118. The molecule has 3 rings (SSSR count). The van der Waals surface area contributed by atoms with Crippen LogP contribution in [0.25, 0.3) is 0 Å². The predicted molar refractivity (Wildman–Crippen MR) is 114 cm³/mol. The molecule has 5 heteroatoms. The van der Waals surface area contributed by atoms with Gasteiger partial charge in [0.15, 0.2) is 6.61 Å². The minimum atomic E-state index is -0.226. The second-order valence-corrected chi connectivity index (χ2v) is 7.78. The number of nitrogens with zero attached hydrogens (tertiary/aromatic N) is 1. The number of hydrogen-bond acceptors (Lipinski definition) is 4. The van der Waals surface area contributed by atoms with E-state index in [4.69, 9.17) is 9.47 Å². The molecule has 0 saturated heterocycles. The monoisotopic (exact) mass is 390 g/mol. The summed E-state index contributed by atoms with van der Waals surface area (Å²) < 4.78 is 11.4. The van der Waals surface area contributed by atoms with Crippen molar-refractivity contribution in [3.8, 4) is 11.5 Å². The molecule has 1 heterocycles. The van der Waals surface area contributed by atoms with Crippen LogP contribution in [0.4, 0.5) is 5.69 Å². The largest absolute Gasteiger partial charge is 0.489 e. The van der Waals surface area contributed by atoms with Gasteiger partial charge in [-0.05, 0) is 52.9 Å². The van der Waals surface area contributed by atoms with Crippen LogP contribution in [-0.4, -0.2) is 17.5 Å². The summed E-state index contributed by atoms with van der Waals surface area (Å²) >= 11 is 0. The van der Waals surface area contributed by atoms with Crippen LogP contribution < -0.4 is 14.8 Å². The van der Waals surface area contributed by atoms with E-state index >= 15 is 0 Å². The van der Waals surface area contributed by atoms with Gasteiger partial charge in [0.05, 0.1) is 0 Å². The second kappa shape index (κ2) is 9.24. The standard InChI is InChI=1S/C24H26N2O3/c1-24(2,3)19-7-9-21(10-8-19)29-17-23(27)26-20-5-4-6-22(15-20)28-16-18-11-13-25-14-12-18/h4-15H,16-17H2,1-3H3,(H,26,27). The van der Waals surface area contributed by atoms with Crippen molar-refractivity contribution in [2.45, 2.75) is 32.8 Å². The maximum atomic E-state index is 12.2. The maximum absolute atomic E-state index is 12.2. The van der Waals surface area contributed by atoms with Crippen LogP contribution in [0.3, 0.4) is 0 Å². The Balaban J connectivity index is 1.50. The number of hydrogen-bond donors (Lipinski definition) is 1. The summed E-state index contributed by atoms with van der Waals surface area (Å²) in [5.74, 6) is 1.12. The van der Waals surface area contributed by atoms with E-state index in [9.17, 15) is 4.79 Å². The van der Waals surface area contributed by atoms with Crippen molar-refractivity contribution in [2.24, 2.45) is 0 Å². The van der Waals surface area contributed by atoms with E-state index in [-0.39, 0.29) is 17.9 Å². The van der Waals surface area contributed by atoms with E-state index in [0.29, 0.717) is 23.8 Å². The van der Waals surface area contributed by atoms with E-state index in [1.165, 1.54) is 5.56 Å². The predicted octanol–water partition coefficient (Wildman–Crippen LogP) is 4.98. The molecule has 150 valence electrons. The van der Waals surface area contributed by atoms with Gasteiger partial charge in [-0.3, -0.25) is 9.78 Å². The number of amides is 1. The molecule has 0 bridgehead atoms.